The Labute approximate surface area is 155 Å². The molecule has 0 bridgehead atoms. The number of carbonyl (C=O) groups is 1. The molecule has 3 rings (SSSR count). The molecule has 0 atom stereocenters. The number of nitrogens with two attached hydrogens (primary N) is 1. The van der Waals surface area contributed by atoms with E-state index in [0.717, 1.165) is 16.8 Å². The maximum atomic E-state index is 12.2. The van der Waals surface area contributed by atoms with E-state index in [0.29, 0.717) is 10.7 Å². The van der Waals surface area contributed by atoms with E-state index >= 15 is 0 Å². The molecule has 3 N–H and O–H groups in total. The second-order valence-corrected chi connectivity index (χ2v) is 8.24. The average molecular weight is 387 g/mol. The normalized spacial score (nSPS) is 11.3. The van der Waals surface area contributed by atoms with Gasteiger partial charge in [0.15, 0.2) is 0 Å². The molecule has 0 aliphatic rings. The van der Waals surface area contributed by atoms with Crippen LogP contribution in [0.1, 0.15) is 10.6 Å². The highest BCUT2D eigenvalue weighted by Gasteiger charge is 2.12. The van der Waals surface area contributed by atoms with Crippen LogP contribution in [0.2, 0.25) is 0 Å². The molecule has 0 saturated heterocycles. The summed E-state index contributed by atoms with van der Waals surface area (Å²) in [5.74, 6) is -0.134. The number of nitrogens with one attached hydrogen (secondary N) is 1. The van der Waals surface area contributed by atoms with Gasteiger partial charge in [-0.05, 0) is 30.7 Å². The van der Waals surface area contributed by atoms with Crippen molar-refractivity contribution in [3.05, 3.63) is 64.5 Å². The maximum Gasteiger partial charge on any atom is 0.238 e. The first-order valence-corrected chi connectivity index (χ1v) is 10.2. The molecule has 26 heavy (non-hydrogen) atoms. The smallest absolute Gasteiger partial charge is 0.238 e. The van der Waals surface area contributed by atoms with Gasteiger partial charge in [-0.1, -0.05) is 30.3 Å². The Kier molecular flexibility index (Phi) is 5.17. The lowest BCUT2D eigenvalue weighted by molar-refractivity contribution is -0.115. The lowest BCUT2D eigenvalue weighted by atomic mass is 10.2. The summed E-state index contributed by atoms with van der Waals surface area (Å²) in [7, 11) is -3.72. The molecule has 0 aliphatic carbocycles. The third-order valence-electron chi connectivity index (χ3n) is 3.76. The first-order valence-electron chi connectivity index (χ1n) is 7.76. The predicted molar refractivity (Wildman–Crippen MR) is 102 cm³/mol. The summed E-state index contributed by atoms with van der Waals surface area (Å²) >= 11 is 1.38. The Balaban J connectivity index is 1.70. The van der Waals surface area contributed by atoms with Gasteiger partial charge in [0.1, 0.15) is 5.01 Å². The SMILES string of the molecule is Cc1ccccc1NC(=O)Cc1nc(-c2ccc(S(N)(=O)=O)cc2)cs1. The zero-order valence-corrected chi connectivity index (χ0v) is 15.6. The van der Waals surface area contributed by atoms with Crippen molar-refractivity contribution in [2.24, 2.45) is 5.14 Å². The molecule has 134 valence electrons. The van der Waals surface area contributed by atoms with Crippen molar-refractivity contribution in [1.29, 1.82) is 0 Å². The van der Waals surface area contributed by atoms with E-state index in [-0.39, 0.29) is 17.2 Å². The Morgan fingerprint density at radius 3 is 2.50 bits per heavy atom. The molecule has 0 saturated carbocycles. The van der Waals surface area contributed by atoms with Gasteiger partial charge in [-0.25, -0.2) is 18.5 Å². The lowest BCUT2D eigenvalue weighted by Crippen LogP contribution is -2.15. The standard InChI is InChI=1S/C18H17N3O3S2/c1-12-4-2-3-5-15(12)20-17(22)10-18-21-16(11-25-18)13-6-8-14(9-7-13)26(19,23)24/h2-9,11H,10H2,1H3,(H,20,22)(H2,19,23,24). The highest BCUT2D eigenvalue weighted by Crippen LogP contribution is 2.24. The number of para-hydroxylation sites is 1. The first-order chi connectivity index (χ1) is 12.3. The molecule has 3 aromatic rings. The number of nitrogens with zero attached hydrogens (tertiary/aromatic N) is 1. The highest BCUT2D eigenvalue weighted by atomic mass is 32.2. The number of rotatable bonds is 5. The molecule has 1 heterocycles. The van der Waals surface area contributed by atoms with Crippen LogP contribution >= 0.6 is 11.3 Å². The Bertz CT molecular complexity index is 1040. The maximum absolute atomic E-state index is 12.2. The number of aryl methyl sites for hydroxylation is 1. The first kappa shape index (κ1) is 18.2. The van der Waals surface area contributed by atoms with Crippen molar-refractivity contribution in [1.82, 2.24) is 4.98 Å². The van der Waals surface area contributed by atoms with Gasteiger partial charge in [-0.2, -0.15) is 0 Å². The summed E-state index contributed by atoms with van der Waals surface area (Å²) in [5.41, 5.74) is 3.23. The number of primary sulfonamides is 1. The number of sulfonamides is 1. The van der Waals surface area contributed by atoms with E-state index in [1.807, 2.05) is 36.6 Å². The number of thiazole rings is 1. The summed E-state index contributed by atoms with van der Waals surface area (Å²) in [4.78, 5) is 16.7. The van der Waals surface area contributed by atoms with Gasteiger partial charge < -0.3 is 5.32 Å². The van der Waals surface area contributed by atoms with Crippen LogP contribution in [0.4, 0.5) is 5.69 Å². The number of aromatic nitrogens is 1. The van der Waals surface area contributed by atoms with Gasteiger partial charge in [0.05, 0.1) is 17.0 Å². The minimum atomic E-state index is -3.72. The van der Waals surface area contributed by atoms with Crippen LogP contribution in [-0.2, 0) is 21.2 Å². The molecule has 0 radical (unpaired) electrons. The molecule has 0 unspecified atom stereocenters. The zero-order chi connectivity index (χ0) is 18.7. The lowest BCUT2D eigenvalue weighted by Gasteiger charge is -2.06. The minimum absolute atomic E-state index is 0.0503. The van der Waals surface area contributed by atoms with Crippen LogP contribution in [0.3, 0.4) is 0 Å². The van der Waals surface area contributed by atoms with Crippen LogP contribution in [0, 0.1) is 6.92 Å². The molecule has 2 aromatic carbocycles. The summed E-state index contributed by atoms with van der Waals surface area (Å²) in [6.45, 7) is 1.93. The zero-order valence-electron chi connectivity index (χ0n) is 14.0. The third kappa shape index (κ3) is 4.34. The van der Waals surface area contributed by atoms with Crippen molar-refractivity contribution < 1.29 is 13.2 Å². The quantitative estimate of drug-likeness (QED) is 0.702. The van der Waals surface area contributed by atoms with Crippen molar-refractivity contribution in [2.75, 3.05) is 5.32 Å². The molecule has 6 nitrogen and oxygen atoms in total. The fourth-order valence-corrected chi connectivity index (χ4v) is 3.70. The van der Waals surface area contributed by atoms with Crippen molar-refractivity contribution >= 4 is 33.0 Å². The summed E-state index contributed by atoms with van der Waals surface area (Å²) in [6, 6.07) is 13.7. The van der Waals surface area contributed by atoms with Crippen LogP contribution < -0.4 is 10.5 Å². The number of benzene rings is 2. The highest BCUT2D eigenvalue weighted by molar-refractivity contribution is 7.89. The van der Waals surface area contributed by atoms with Crippen LogP contribution in [0.15, 0.2) is 58.8 Å². The Morgan fingerprint density at radius 1 is 1.15 bits per heavy atom. The molecule has 1 amide bonds. The fraction of sp³-hybridized carbons (Fsp3) is 0.111. The number of anilines is 1. The van der Waals surface area contributed by atoms with Gasteiger partial charge in [0.25, 0.3) is 0 Å². The Morgan fingerprint density at radius 2 is 1.85 bits per heavy atom. The molecular weight excluding hydrogens is 370 g/mol. The number of hydrogen-bond donors (Lipinski definition) is 2. The van der Waals surface area contributed by atoms with Crippen LogP contribution in [0.5, 0.6) is 0 Å². The van der Waals surface area contributed by atoms with Crippen molar-refractivity contribution in [3.8, 4) is 11.3 Å². The van der Waals surface area contributed by atoms with Gasteiger partial charge in [0, 0.05) is 16.6 Å². The summed E-state index contributed by atoms with van der Waals surface area (Å²) in [5, 5.41) is 10.5. The fourth-order valence-electron chi connectivity index (χ4n) is 2.38. The van der Waals surface area contributed by atoms with Gasteiger partial charge in [-0.3, -0.25) is 4.79 Å². The van der Waals surface area contributed by atoms with Crippen molar-refractivity contribution in [3.63, 3.8) is 0 Å². The van der Waals surface area contributed by atoms with Gasteiger partial charge in [-0.15, -0.1) is 11.3 Å². The summed E-state index contributed by atoms with van der Waals surface area (Å²) < 4.78 is 22.6. The molecular formula is C18H17N3O3S2. The monoisotopic (exact) mass is 387 g/mol. The molecule has 0 spiro atoms. The van der Waals surface area contributed by atoms with E-state index in [1.165, 1.54) is 23.5 Å². The number of amides is 1. The second-order valence-electron chi connectivity index (χ2n) is 5.74. The largest absolute Gasteiger partial charge is 0.325 e. The van der Waals surface area contributed by atoms with E-state index in [4.69, 9.17) is 5.14 Å². The minimum Gasteiger partial charge on any atom is -0.325 e. The number of carbonyl (C=O) groups excluding carboxylic acids is 1. The second kappa shape index (κ2) is 7.36. The third-order valence-corrected chi connectivity index (χ3v) is 5.54. The molecule has 8 heteroatoms. The number of hydrogen-bond acceptors (Lipinski definition) is 5. The molecule has 0 aliphatic heterocycles. The van der Waals surface area contributed by atoms with Crippen molar-refractivity contribution in [2.45, 2.75) is 18.2 Å². The molecule has 0 fully saturated rings. The van der Waals surface area contributed by atoms with E-state index in [9.17, 15) is 13.2 Å². The summed E-state index contributed by atoms with van der Waals surface area (Å²) in [6.07, 6.45) is 0.175. The Hall–Kier alpha value is -2.55. The topological polar surface area (TPSA) is 102 Å². The van der Waals surface area contributed by atoms with Crippen LogP contribution in [0.25, 0.3) is 11.3 Å². The molecule has 1 aromatic heterocycles. The van der Waals surface area contributed by atoms with Gasteiger partial charge >= 0.3 is 0 Å². The predicted octanol–water partition coefficient (Wildman–Crippen LogP) is 2.95. The van der Waals surface area contributed by atoms with Gasteiger partial charge in [0.2, 0.25) is 15.9 Å². The van der Waals surface area contributed by atoms with E-state index < -0.39 is 10.0 Å². The van der Waals surface area contributed by atoms with E-state index in [1.54, 1.807) is 12.1 Å². The van der Waals surface area contributed by atoms with Crippen LogP contribution in [-0.4, -0.2) is 19.3 Å². The average Bonchev–Trinajstić information content (AvgIpc) is 3.05. The van der Waals surface area contributed by atoms with E-state index in [2.05, 4.69) is 10.3 Å².